The van der Waals surface area contributed by atoms with E-state index in [-0.39, 0.29) is 24.3 Å². The second-order valence-electron chi connectivity index (χ2n) is 6.76. The zero-order chi connectivity index (χ0) is 21.4. The van der Waals surface area contributed by atoms with Gasteiger partial charge in [-0.1, -0.05) is 30.3 Å². The van der Waals surface area contributed by atoms with E-state index in [0.717, 1.165) is 12.5 Å². The number of likely N-dealkylation sites (tertiary alicyclic amines) is 1. The highest BCUT2D eigenvalue weighted by atomic mass is 16.6. The van der Waals surface area contributed by atoms with Crippen LogP contribution >= 0.6 is 0 Å². The van der Waals surface area contributed by atoms with Gasteiger partial charge in [-0.25, -0.2) is 4.79 Å². The fourth-order valence-electron chi connectivity index (χ4n) is 3.31. The molecule has 0 bridgehead atoms. The largest absolute Gasteiger partial charge is 0.481 e. The van der Waals surface area contributed by atoms with E-state index < -0.39 is 12.0 Å². The summed E-state index contributed by atoms with van der Waals surface area (Å²) < 4.78 is 5.00. The maximum atomic E-state index is 12.7. The Balaban J connectivity index is 0.000000687. The van der Waals surface area contributed by atoms with E-state index in [9.17, 15) is 14.4 Å². The van der Waals surface area contributed by atoms with Gasteiger partial charge in [0.2, 0.25) is 11.8 Å². The van der Waals surface area contributed by atoms with Crippen molar-refractivity contribution < 1.29 is 29.0 Å². The molecule has 1 aromatic rings. The van der Waals surface area contributed by atoms with E-state index >= 15 is 0 Å². The van der Waals surface area contributed by atoms with Crippen molar-refractivity contribution in [1.82, 2.24) is 14.7 Å². The van der Waals surface area contributed by atoms with Gasteiger partial charge in [0.25, 0.3) is 5.97 Å². The predicted octanol–water partition coefficient (Wildman–Crippen LogP) is 1.18. The number of benzene rings is 1. The van der Waals surface area contributed by atoms with Crippen molar-refractivity contribution in [1.29, 1.82) is 0 Å². The van der Waals surface area contributed by atoms with E-state index in [1.165, 1.54) is 4.90 Å². The number of amides is 3. The van der Waals surface area contributed by atoms with Gasteiger partial charge in [0, 0.05) is 33.1 Å². The van der Waals surface area contributed by atoms with Gasteiger partial charge in [-0.05, 0) is 12.5 Å². The van der Waals surface area contributed by atoms with Crippen molar-refractivity contribution in [3.8, 4) is 0 Å². The molecule has 0 aliphatic carbocycles. The van der Waals surface area contributed by atoms with Gasteiger partial charge in [-0.15, -0.1) is 0 Å². The highest BCUT2D eigenvalue weighted by molar-refractivity contribution is 6.05. The lowest BCUT2D eigenvalue weighted by molar-refractivity contribution is -0.140. The number of carbonyl (C=O) groups excluding carboxylic acids is 3. The van der Waals surface area contributed by atoms with Crippen molar-refractivity contribution in [2.75, 3.05) is 32.8 Å². The molecule has 3 rings (SSSR count). The van der Waals surface area contributed by atoms with Crippen molar-refractivity contribution >= 4 is 23.9 Å². The molecule has 0 radical (unpaired) electrons. The van der Waals surface area contributed by atoms with Gasteiger partial charge in [-0.2, -0.15) is 0 Å². The molecule has 2 aliphatic rings. The van der Waals surface area contributed by atoms with Crippen LogP contribution in [-0.2, 0) is 25.7 Å². The average molecular weight is 405 g/mol. The molecule has 1 atom stereocenters. The summed E-state index contributed by atoms with van der Waals surface area (Å²) in [4.78, 5) is 50.7. The zero-order valence-corrected chi connectivity index (χ0v) is 16.7. The minimum Gasteiger partial charge on any atom is -0.481 e. The van der Waals surface area contributed by atoms with Crippen LogP contribution in [0.15, 0.2) is 30.3 Å². The second kappa shape index (κ2) is 10.6. The molecule has 29 heavy (non-hydrogen) atoms. The third-order valence-electron chi connectivity index (χ3n) is 4.68. The molecule has 1 aromatic carbocycles. The molecule has 0 aromatic heterocycles. The third kappa shape index (κ3) is 6.28. The van der Waals surface area contributed by atoms with E-state index in [2.05, 4.69) is 0 Å². The molecule has 3 amide bonds. The van der Waals surface area contributed by atoms with Crippen molar-refractivity contribution in [3.63, 3.8) is 0 Å². The summed E-state index contributed by atoms with van der Waals surface area (Å²) in [6, 6.07) is 9.10. The predicted molar refractivity (Wildman–Crippen MR) is 104 cm³/mol. The molecule has 0 spiro atoms. The van der Waals surface area contributed by atoms with Crippen LogP contribution in [0.3, 0.4) is 0 Å². The standard InChI is InChI=1S/C18H23N3O4.C2H4O2/c1-2-25-18(24)20-10-8-19(9-11-20)15-12-16(22)21(17(15)23)13-14-6-4-3-5-7-14;1-2(3)4/h3-7,15H,2,8-13H2,1H3;1H3,(H,3,4). The summed E-state index contributed by atoms with van der Waals surface area (Å²) in [7, 11) is 0. The number of nitrogens with zero attached hydrogens (tertiary/aromatic N) is 3. The fourth-order valence-corrected chi connectivity index (χ4v) is 3.31. The second-order valence-corrected chi connectivity index (χ2v) is 6.76. The average Bonchev–Trinajstić information content (AvgIpc) is 2.97. The Labute approximate surface area is 169 Å². The fraction of sp³-hybridized carbons (Fsp3) is 0.500. The molecule has 2 aliphatic heterocycles. The van der Waals surface area contributed by atoms with Crippen LogP contribution in [0.4, 0.5) is 4.79 Å². The lowest BCUT2D eigenvalue weighted by atomic mass is 10.2. The van der Waals surface area contributed by atoms with E-state index in [0.29, 0.717) is 39.3 Å². The number of carbonyl (C=O) groups is 4. The van der Waals surface area contributed by atoms with Gasteiger partial charge < -0.3 is 14.7 Å². The molecule has 2 saturated heterocycles. The number of carboxylic acids is 1. The summed E-state index contributed by atoms with van der Waals surface area (Å²) in [5.41, 5.74) is 0.942. The van der Waals surface area contributed by atoms with Crippen LogP contribution in [0, 0.1) is 0 Å². The molecule has 1 unspecified atom stereocenters. The Morgan fingerprint density at radius 1 is 1.10 bits per heavy atom. The maximum Gasteiger partial charge on any atom is 0.409 e. The lowest BCUT2D eigenvalue weighted by Crippen LogP contribution is -2.53. The SMILES string of the molecule is CC(=O)O.CCOC(=O)N1CCN(C2CC(=O)N(Cc3ccccc3)C2=O)CC1. The topological polar surface area (TPSA) is 107 Å². The minimum atomic E-state index is -0.833. The van der Waals surface area contributed by atoms with Gasteiger partial charge >= 0.3 is 6.09 Å². The Morgan fingerprint density at radius 2 is 1.69 bits per heavy atom. The number of ether oxygens (including phenoxy) is 1. The first-order valence-electron chi connectivity index (χ1n) is 9.56. The molecule has 1 N–H and O–H groups in total. The lowest BCUT2D eigenvalue weighted by Gasteiger charge is -2.36. The number of carboxylic acid groups (broad SMARTS) is 1. The first-order chi connectivity index (χ1) is 13.8. The quantitative estimate of drug-likeness (QED) is 0.750. The first kappa shape index (κ1) is 22.4. The number of rotatable bonds is 4. The molecule has 2 fully saturated rings. The Hall–Kier alpha value is -2.94. The van der Waals surface area contributed by atoms with Crippen LogP contribution in [-0.4, -0.2) is 82.5 Å². The minimum absolute atomic E-state index is 0.133. The maximum absolute atomic E-state index is 12.7. The van der Waals surface area contributed by atoms with Crippen molar-refractivity contribution in [2.24, 2.45) is 0 Å². The smallest absolute Gasteiger partial charge is 0.409 e. The highest BCUT2D eigenvalue weighted by Crippen LogP contribution is 2.22. The normalized spacial score (nSPS) is 19.6. The van der Waals surface area contributed by atoms with Gasteiger partial charge in [0.1, 0.15) is 0 Å². The molecule has 0 saturated carbocycles. The summed E-state index contributed by atoms with van der Waals surface area (Å²) >= 11 is 0. The van der Waals surface area contributed by atoms with Crippen LogP contribution in [0.2, 0.25) is 0 Å². The van der Waals surface area contributed by atoms with Crippen LogP contribution in [0.25, 0.3) is 0 Å². The number of piperazine rings is 1. The highest BCUT2D eigenvalue weighted by Gasteiger charge is 2.42. The summed E-state index contributed by atoms with van der Waals surface area (Å²) in [6.45, 7) is 5.69. The van der Waals surface area contributed by atoms with Crippen LogP contribution in [0.1, 0.15) is 25.8 Å². The number of imide groups is 1. The van der Waals surface area contributed by atoms with Crippen molar-refractivity contribution in [3.05, 3.63) is 35.9 Å². The van der Waals surface area contributed by atoms with Gasteiger partial charge in [0.05, 0.1) is 25.6 Å². The van der Waals surface area contributed by atoms with Crippen molar-refractivity contribution in [2.45, 2.75) is 32.9 Å². The molecule has 158 valence electrons. The first-order valence-corrected chi connectivity index (χ1v) is 9.56. The number of aliphatic carboxylic acids is 1. The van der Waals surface area contributed by atoms with Gasteiger partial charge in [0.15, 0.2) is 0 Å². The van der Waals surface area contributed by atoms with E-state index in [1.807, 2.05) is 35.2 Å². The summed E-state index contributed by atoms with van der Waals surface area (Å²) in [5.74, 6) is -1.11. The Bertz CT molecular complexity index is 727. The molecular weight excluding hydrogens is 378 g/mol. The molecule has 2 heterocycles. The Morgan fingerprint density at radius 3 is 2.24 bits per heavy atom. The van der Waals surface area contributed by atoms with E-state index in [4.69, 9.17) is 14.6 Å². The van der Waals surface area contributed by atoms with Crippen LogP contribution in [0.5, 0.6) is 0 Å². The van der Waals surface area contributed by atoms with Crippen LogP contribution < -0.4 is 0 Å². The van der Waals surface area contributed by atoms with Gasteiger partial charge in [-0.3, -0.25) is 24.2 Å². The van der Waals surface area contributed by atoms with E-state index in [1.54, 1.807) is 11.8 Å². The monoisotopic (exact) mass is 405 g/mol. The third-order valence-corrected chi connectivity index (χ3v) is 4.68. The molecular formula is C20H27N3O6. The summed E-state index contributed by atoms with van der Waals surface area (Å²) in [5, 5.41) is 7.42. The molecule has 9 heteroatoms. The summed E-state index contributed by atoms with van der Waals surface area (Å²) in [6.07, 6.45) is -0.105. The molecule has 9 nitrogen and oxygen atoms in total. The number of hydrogen-bond acceptors (Lipinski definition) is 6. The zero-order valence-electron chi connectivity index (χ0n) is 16.7. The Kier molecular flexibility index (Phi) is 8.14. The number of hydrogen-bond donors (Lipinski definition) is 1.